The normalized spacial score (nSPS) is 11.8. The van der Waals surface area contributed by atoms with Crippen LogP contribution in [0.4, 0.5) is 10.2 Å². The minimum Gasteiger partial charge on any atom is -0.489 e. The van der Waals surface area contributed by atoms with Crippen molar-refractivity contribution in [2.75, 3.05) is 25.9 Å². The zero-order valence-electron chi connectivity index (χ0n) is 11.3. The van der Waals surface area contributed by atoms with Crippen molar-refractivity contribution in [1.29, 1.82) is 0 Å². The first-order chi connectivity index (χ1) is 9.93. The average molecular weight is 314 g/mol. The molecule has 1 heterocycles. The van der Waals surface area contributed by atoms with Gasteiger partial charge in [0.25, 0.3) is 0 Å². The molecule has 0 aliphatic rings. The van der Waals surface area contributed by atoms with Gasteiger partial charge in [0.15, 0.2) is 11.6 Å². The van der Waals surface area contributed by atoms with Gasteiger partial charge in [-0.05, 0) is 12.1 Å². The smallest absolute Gasteiger partial charge is 0.248 e. The molecule has 0 aliphatic carbocycles. The molecule has 7 nitrogen and oxygen atoms in total. The van der Waals surface area contributed by atoms with Gasteiger partial charge in [-0.1, -0.05) is 12.1 Å². The second-order valence-corrected chi connectivity index (χ2v) is 6.27. The molecule has 0 saturated carbocycles. The summed E-state index contributed by atoms with van der Waals surface area (Å²) in [7, 11) is -2.37. The molecule has 0 atom stereocenters. The minimum atomic E-state index is -3.75. The number of nitrogen functional groups attached to an aromatic ring is 1. The van der Waals surface area contributed by atoms with Crippen molar-refractivity contribution in [3.05, 3.63) is 36.3 Å². The third-order valence-corrected chi connectivity index (χ3v) is 4.71. The molecule has 114 valence electrons. The largest absolute Gasteiger partial charge is 0.489 e. The van der Waals surface area contributed by atoms with Gasteiger partial charge in [-0.3, -0.25) is 5.10 Å². The van der Waals surface area contributed by atoms with Gasteiger partial charge >= 0.3 is 0 Å². The van der Waals surface area contributed by atoms with Crippen molar-refractivity contribution in [2.45, 2.75) is 4.90 Å². The lowest BCUT2D eigenvalue weighted by Crippen LogP contribution is -2.31. The Bertz CT molecular complexity index is 717. The van der Waals surface area contributed by atoms with Gasteiger partial charge in [0.1, 0.15) is 17.3 Å². The topological polar surface area (TPSA) is 101 Å². The van der Waals surface area contributed by atoms with Gasteiger partial charge in [-0.2, -0.15) is 9.40 Å². The van der Waals surface area contributed by atoms with Gasteiger partial charge in [-0.25, -0.2) is 12.8 Å². The Hall–Kier alpha value is -2.13. The first-order valence-electron chi connectivity index (χ1n) is 6.05. The predicted octanol–water partition coefficient (Wildman–Crippen LogP) is 0.831. The number of likely N-dealkylation sites (N-methyl/N-ethyl adjacent to an activating group) is 1. The highest BCUT2D eigenvalue weighted by atomic mass is 32.2. The van der Waals surface area contributed by atoms with Crippen molar-refractivity contribution >= 4 is 15.8 Å². The van der Waals surface area contributed by atoms with Crippen molar-refractivity contribution in [3.63, 3.8) is 0 Å². The number of aromatic amines is 1. The number of benzene rings is 1. The number of aromatic nitrogens is 2. The standard InChI is InChI=1S/C12H15FN4O3S/c1-17(21(18,19)11-8-15-16-12(11)14)6-7-20-10-5-3-2-4-9(10)13/h2-5,8H,6-7H2,1H3,(H3,14,15,16). The van der Waals surface area contributed by atoms with E-state index in [1.54, 1.807) is 12.1 Å². The summed E-state index contributed by atoms with van der Waals surface area (Å²) in [5.74, 6) is -0.454. The number of nitrogens with two attached hydrogens (primary N) is 1. The maximum atomic E-state index is 13.3. The Kier molecular flexibility index (Phi) is 4.43. The highest BCUT2D eigenvalue weighted by molar-refractivity contribution is 7.89. The molecule has 0 saturated heterocycles. The van der Waals surface area contributed by atoms with Crippen LogP contribution in [0.25, 0.3) is 0 Å². The zero-order chi connectivity index (χ0) is 15.5. The maximum absolute atomic E-state index is 13.3. The van der Waals surface area contributed by atoms with Gasteiger partial charge in [0.05, 0.1) is 6.20 Å². The highest BCUT2D eigenvalue weighted by Crippen LogP contribution is 2.19. The van der Waals surface area contributed by atoms with E-state index in [0.29, 0.717) is 0 Å². The fourth-order valence-corrected chi connectivity index (χ4v) is 2.78. The van der Waals surface area contributed by atoms with Crippen molar-refractivity contribution in [1.82, 2.24) is 14.5 Å². The number of rotatable bonds is 6. The second-order valence-electron chi connectivity index (χ2n) is 4.25. The number of ether oxygens (including phenoxy) is 1. The van der Waals surface area contributed by atoms with Crippen LogP contribution in [0.5, 0.6) is 5.75 Å². The quantitative estimate of drug-likeness (QED) is 0.822. The Morgan fingerprint density at radius 3 is 2.76 bits per heavy atom. The molecule has 3 N–H and O–H groups in total. The van der Waals surface area contributed by atoms with Gasteiger partial charge in [0, 0.05) is 13.6 Å². The summed E-state index contributed by atoms with van der Waals surface area (Å²) < 4.78 is 44.0. The second kappa shape index (κ2) is 6.10. The summed E-state index contributed by atoms with van der Waals surface area (Å²) >= 11 is 0. The number of anilines is 1. The van der Waals surface area contributed by atoms with E-state index in [0.717, 1.165) is 10.5 Å². The van der Waals surface area contributed by atoms with Crippen LogP contribution in [0, 0.1) is 5.82 Å². The number of halogens is 1. The molecule has 0 unspecified atom stereocenters. The Balaban J connectivity index is 1.98. The van der Waals surface area contributed by atoms with Crippen LogP contribution < -0.4 is 10.5 Å². The van der Waals surface area contributed by atoms with Crippen LogP contribution in [0.2, 0.25) is 0 Å². The SMILES string of the molecule is CN(CCOc1ccccc1F)S(=O)(=O)c1cn[nH]c1N. The molecule has 1 aromatic carbocycles. The summed E-state index contributed by atoms with van der Waals surface area (Å²) in [4.78, 5) is -0.101. The number of para-hydroxylation sites is 1. The first kappa shape index (κ1) is 15.3. The van der Waals surface area contributed by atoms with Crippen LogP contribution in [0.15, 0.2) is 35.4 Å². The Morgan fingerprint density at radius 1 is 1.43 bits per heavy atom. The molecular formula is C12H15FN4O3S. The lowest BCUT2D eigenvalue weighted by atomic mass is 10.3. The number of hydrogen-bond acceptors (Lipinski definition) is 5. The summed E-state index contributed by atoms with van der Waals surface area (Å²) in [6.07, 6.45) is 1.14. The Labute approximate surface area is 121 Å². The number of nitrogens with zero attached hydrogens (tertiary/aromatic N) is 2. The van der Waals surface area contributed by atoms with E-state index in [9.17, 15) is 12.8 Å². The molecule has 1 aromatic heterocycles. The third-order valence-electron chi connectivity index (χ3n) is 2.82. The maximum Gasteiger partial charge on any atom is 0.248 e. The fraction of sp³-hybridized carbons (Fsp3) is 0.250. The molecule has 0 bridgehead atoms. The van der Waals surface area contributed by atoms with Gasteiger partial charge in [0.2, 0.25) is 10.0 Å². The van der Waals surface area contributed by atoms with Gasteiger partial charge < -0.3 is 10.5 Å². The molecule has 0 spiro atoms. The summed E-state index contributed by atoms with van der Waals surface area (Å²) in [6, 6.07) is 5.91. The summed E-state index contributed by atoms with van der Waals surface area (Å²) in [5.41, 5.74) is 5.50. The van der Waals surface area contributed by atoms with Crippen LogP contribution >= 0.6 is 0 Å². The molecule has 9 heteroatoms. The van der Waals surface area contributed by atoms with Crippen LogP contribution in [0.1, 0.15) is 0 Å². The van der Waals surface area contributed by atoms with E-state index >= 15 is 0 Å². The molecule has 0 radical (unpaired) electrons. The van der Waals surface area contributed by atoms with E-state index in [2.05, 4.69) is 10.2 Å². The van der Waals surface area contributed by atoms with Crippen molar-refractivity contribution < 1.29 is 17.5 Å². The highest BCUT2D eigenvalue weighted by Gasteiger charge is 2.24. The summed E-state index contributed by atoms with van der Waals surface area (Å²) in [5, 5.41) is 5.93. The number of H-pyrrole nitrogens is 1. The first-order valence-corrected chi connectivity index (χ1v) is 7.49. The molecule has 0 amide bonds. The summed E-state index contributed by atoms with van der Waals surface area (Å²) in [6.45, 7) is 0.0513. The number of sulfonamides is 1. The molecular weight excluding hydrogens is 299 g/mol. The van der Waals surface area contributed by atoms with Gasteiger partial charge in [-0.15, -0.1) is 0 Å². The van der Waals surface area contributed by atoms with E-state index in [1.165, 1.54) is 19.2 Å². The molecule has 2 rings (SSSR count). The third kappa shape index (κ3) is 3.31. The molecule has 0 aliphatic heterocycles. The Morgan fingerprint density at radius 2 is 2.14 bits per heavy atom. The fourth-order valence-electron chi connectivity index (χ4n) is 1.62. The van der Waals surface area contributed by atoms with E-state index in [-0.39, 0.29) is 29.6 Å². The van der Waals surface area contributed by atoms with Crippen LogP contribution in [-0.4, -0.2) is 43.1 Å². The van der Waals surface area contributed by atoms with Crippen LogP contribution in [-0.2, 0) is 10.0 Å². The van der Waals surface area contributed by atoms with Crippen molar-refractivity contribution in [3.8, 4) is 5.75 Å². The van der Waals surface area contributed by atoms with Crippen molar-refractivity contribution in [2.24, 2.45) is 0 Å². The van der Waals surface area contributed by atoms with E-state index in [4.69, 9.17) is 10.5 Å². The van der Waals surface area contributed by atoms with Crippen LogP contribution in [0.3, 0.4) is 0 Å². The molecule has 21 heavy (non-hydrogen) atoms. The number of hydrogen-bond donors (Lipinski definition) is 2. The van der Waals surface area contributed by atoms with E-state index in [1.807, 2.05) is 0 Å². The minimum absolute atomic E-state index is 0.00835. The molecule has 2 aromatic rings. The van der Waals surface area contributed by atoms with E-state index < -0.39 is 15.8 Å². The predicted molar refractivity (Wildman–Crippen MR) is 74.7 cm³/mol. The average Bonchev–Trinajstić information content (AvgIpc) is 2.87. The number of nitrogens with one attached hydrogen (secondary N) is 1. The lowest BCUT2D eigenvalue weighted by molar-refractivity contribution is 0.275. The zero-order valence-corrected chi connectivity index (χ0v) is 12.1. The lowest BCUT2D eigenvalue weighted by Gasteiger charge is -2.16. The monoisotopic (exact) mass is 314 g/mol. The molecule has 0 fully saturated rings.